The largest absolute Gasteiger partial charge is 0.381 e. The highest BCUT2D eigenvalue weighted by Crippen LogP contribution is 2.34. The standard InChI is InChI=1S/C21H18F2N2O2/c22-17-5-6-18(19(23)13-17)21(8-10-27-11-9-21)25-20(26)7-4-15-2-1-3-16(12-15)14-24/h1-7,12-13H,8-11H2,(H,25,26). The topological polar surface area (TPSA) is 62.1 Å². The third-order valence-electron chi connectivity index (χ3n) is 4.60. The molecule has 0 aromatic heterocycles. The van der Waals surface area contributed by atoms with E-state index in [1.807, 2.05) is 6.07 Å². The number of nitrogens with one attached hydrogen (secondary N) is 1. The molecule has 0 saturated carbocycles. The molecule has 2 aromatic carbocycles. The van der Waals surface area contributed by atoms with Gasteiger partial charge in [0.2, 0.25) is 5.91 Å². The molecule has 1 aliphatic heterocycles. The van der Waals surface area contributed by atoms with Gasteiger partial charge < -0.3 is 10.1 Å². The first-order valence-electron chi connectivity index (χ1n) is 8.56. The Labute approximate surface area is 156 Å². The molecule has 1 saturated heterocycles. The fourth-order valence-corrected chi connectivity index (χ4v) is 3.22. The summed E-state index contributed by atoms with van der Waals surface area (Å²) in [6.07, 6.45) is 3.71. The van der Waals surface area contributed by atoms with Crippen LogP contribution < -0.4 is 5.32 Å². The smallest absolute Gasteiger partial charge is 0.244 e. The zero-order valence-corrected chi connectivity index (χ0v) is 14.5. The Hall–Kier alpha value is -3.04. The highest BCUT2D eigenvalue weighted by molar-refractivity contribution is 5.92. The predicted molar refractivity (Wildman–Crippen MR) is 96.4 cm³/mol. The van der Waals surface area contributed by atoms with Gasteiger partial charge in [-0.05, 0) is 42.7 Å². The zero-order chi connectivity index (χ0) is 19.3. The maximum Gasteiger partial charge on any atom is 0.244 e. The van der Waals surface area contributed by atoms with Gasteiger partial charge in [0, 0.05) is 30.9 Å². The molecule has 0 aliphatic carbocycles. The molecule has 1 fully saturated rings. The van der Waals surface area contributed by atoms with Crippen LogP contribution in [0.1, 0.15) is 29.5 Å². The lowest BCUT2D eigenvalue weighted by Crippen LogP contribution is -2.49. The molecule has 1 aliphatic rings. The van der Waals surface area contributed by atoms with E-state index in [1.165, 1.54) is 18.2 Å². The van der Waals surface area contributed by atoms with Crippen LogP contribution in [0.15, 0.2) is 48.5 Å². The lowest BCUT2D eigenvalue weighted by atomic mass is 9.82. The second-order valence-corrected chi connectivity index (χ2v) is 6.38. The lowest BCUT2D eigenvalue weighted by molar-refractivity contribution is -0.119. The Balaban J connectivity index is 1.83. The molecule has 3 rings (SSSR count). The van der Waals surface area contributed by atoms with Gasteiger partial charge in [0.05, 0.1) is 17.2 Å². The molecule has 0 spiro atoms. The highest BCUT2D eigenvalue weighted by atomic mass is 19.1. The molecule has 0 atom stereocenters. The first-order chi connectivity index (χ1) is 13.0. The Kier molecular flexibility index (Phi) is 5.63. The summed E-state index contributed by atoms with van der Waals surface area (Å²) in [5.74, 6) is -1.76. The van der Waals surface area contributed by atoms with Crippen LogP contribution in [0.25, 0.3) is 6.08 Å². The van der Waals surface area contributed by atoms with E-state index in [2.05, 4.69) is 5.32 Å². The summed E-state index contributed by atoms with van der Waals surface area (Å²) in [6.45, 7) is 0.732. The molecule has 0 unspecified atom stereocenters. The van der Waals surface area contributed by atoms with Crippen molar-refractivity contribution >= 4 is 12.0 Å². The number of benzene rings is 2. The maximum atomic E-state index is 14.4. The minimum absolute atomic E-state index is 0.250. The number of carbonyl (C=O) groups is 1. The molecule has 1 amide bonds. The summed E-state index contributed by atoms with van der Waals surface area (Å²) >= 11 is 0. The summed E-state index contributed by atoms with van der Waals surface area (Å²) in [5.41, 5.74) is 0.497. The van der Waals surface area contributed by atoms with Gasteiger partial charge in [-0.15, -0.1) is 0 Å². The van der Waals surface area contributed by atoms with Crippen LogP contribution in [0.2, 0.25) is 0 Å². The summed E-state index contributed by atoms with van der Waals surface area (Å²) in [4.78, 5) is 12.5. The van der Waals surface area contributed by atoms with Crippen LogP contribution >= 0.6 is 0 Å². The summed E-state index contributed by atoms with van der Waals surface area (Å²) in [6, 6.07) is 12.2. The number of rotatable bonds is 4. The first-order valence-corrected chi connectivity index (χ1v) is 8.56. The first kappa shape index (κ1) is 18.7. The average Bonchev–Trinajstić information content (AvgIpc) is 2.67. The Morgan fingerprint density at radius 1 is 1.19 bits per heavy atom. The van der Waals surface area contributed by atoms with Crippen molar-refractivity contribution in [3.63, 3.8) is 0 Å². The normalized spacial score (nSPS) is 16.0. The van der Waals surface area contributed by atoms with E-state index >= 15 is 0 Å². The molecular weight excluding hydrogens is 350 g/mol. The average molecular weight is 368 g/mol. The Bertz CT molecular complexity index is 913. The quantitative estimate of drug-likeness (QED) is 0.838. The maximum absolute atomic E-state index is 14.4. The van der Waals surface area contributed by atoms with Gasteiger partial charge >= 0.3 is 0 Å². The van der Waals surface area contributed by atoms with E-state index in [9.17, 15) is 13.6 Å². The van der Waals surface area contributed by atoms with Crippen LogP contribution in [0.4, 0.5) is 8.78 Å². The fraction of sp³-hybridized carbons (Fsp3) is 0.238. The van der Waals surface area contributed by atoms with E-state index in [0.717, 1.165) is 6.07 Å². The number of nitrogens with zero attached hydrogens (tertiary/aromatic N) is 1. The van der Waals surface area contributed by atoms with Crippen molar-refractivity contribution in [1.29, 1.82) is 5.26 Å². The van der Waals surface area contributed by atoms with Crippen LogP contribution in [0.3, 0.4) is 0 Å². The second-order valence-electron chi connectivity index (χ2n) is 6.38. The van der Waals surface area contributed by atoms with Gasteiger partial charge in [-0.1, -0.05) is 18.2 Å². The molecule has 4 nitrogen and oxygen atoms in total. The van der Waals surface area contributed by atoms with E-state index in [-0.39, 0.29) is 5.56 Å². The zero-order valence-electron chi connectivity index (χ0n) is 14.5. The number of halogens is 2. The van der Waals surface area contributed by atoms with E-state index < -0.39 is 23.1 Å². The molecule has 138 valence electrons. The number of carbonyl (C=O) groups excluding carboxylic acids is 1. The number of nitriles is 1. The Morgan fingerprint density at radius 2 is 1.96 bits per heavy atom. The summed E-state index contributed by atoms with van der Waals surface area (Å²) in [5, 5.41) is 11.8. The van der Waals surface area contributed by atoms with Crippen molar-refractivity contribution in [1.82, 2.24) is 5.32 Å². The number of amides is 1. The number of hydrogen-bond donors (Lipinski definition) is 1. The van der Waals surface area contributed by atoms with Crippen LogP contribution in [0.5, 0.6) is 0 Å². The summed E-state index contributed by atoms with van der Waals surface area (Å²) < 4.78 is 33.0. The van der Waals surface area contributed by atoms with E-state index in [1.54, 1.807) is 30.3 Å². The van der Waals surface area contributed by atoms with Gasteiger partial charge in [0.25, 0.3) is 0 Å². The highest BCUT2D eigenvalue weighted by Gasteiger charge is 2.37. The van der Waals surface area contributed by atoms with Crippen molar-refractivity contribution in [2.45, 2.75) is 18.4 Å². The minimum atomic E-state index is -0.952. The van der Waals surface area contributed by atoms with Crippen molar-refractivity contribution in [2.75, 3.05) is 13.2 Å². The predicted octanol–water partition coefficient (Wildman–Crippen LogP) is 3.67. The second kappa shape index (κ2) is 8.11. The van der Waals surface area contributed by atoms with Crippen LogP contribution in [0, 0.1) is 23.0 Å². The van der Waals surface area contributed by atoms with Gasteiger partial charge in [0.15, 0.2) is 0 Å². The third kappa shape index (κ3) is 4.39. The summed E-state index contributed by atoms with van der Waals surface area (Å²) in [7, 11) is 0. The molecule has 1 heterocycles. The molecule has 1 N–H and O–H groups in total. The number of ether oxygens (including phenoxy) is 1. The molecule has 2 aromatic rings. The van der Waals surface area contributed by atoms with Gasteiger partial charge in [-0.2, -0.15) is 5.26 Å². The fourth-order valence-electron chi connectivity index (χ4n) is 3.22. The molecule has 27 heavy (non-hydrogen) atoms. The molecular formula is C21H18F2N2O2. The number of hydrogen-bond acceptors (Lipinski definition) is 3. The lowest BCUT2D eigenvalue weighted by Gasteiger charge is -2.38. The SMILES string of the molecule is N#Cc1cccc(C=CC(=O)NC2(c3ccc(F)cc3F)CCOCC2)c1. The third-order valence-corrected chi connectivity index (χ3v) is 4.60. The van der Waals surface area contributed by atoms with Crippen LogP contribution in [-0.2, 0) is 15.1 Å². The van der Waals surface area contributed by atoms with E-state index in [4.69, 9.17) is 10.00 Å². The van der Waals surface area contributed by atoms with Crippen molar-refractivity contribution in [3.8, 4) is 6.07 Å². The van der Waals surface area contributed by atoms with Crippen LogP contribution in [-0.4, -0.2) is 19.1 Å². The van der Waals surface area contributed by atoms with E-state index in [0.29, 0.717) is 37.2 Å². The molecule has 0 bridgehead atoms. The van der Waals surface area contributed by atoms with Gasteiger partial charge in [-0.3, -0.25) is 4.79 Å². The molecule has 6 heteroatoms. The van der Waals surface area contributed by atoms with Crippen molar-refractivity contribution in [3.05, 3.63) is 76.9 Å². The van der Waals surface area contributed by atoms with Gasteiger partial charge in [-0.25, -0.2) is 8.78 Å². The minimum Gasteiger partial charge on any atom is -0.381 e. The van der Waals surface area contributed by atoms with Crippen molar-refractivity contribution < 1.29 is 18.3 Å². The Morgan fingerprint density at radius 3 is 2.67 bits per heavy atom. The molecule has 0 radical (unpaired) electrons. The monoisotopic (exact) mass is 368 g/mol. The van der Waals surface area contributed by atoms with Gasteiger partial charge in [0.1, 0.15) is 11.6 Å². The van der Waals surface area contributed by atoms with Crippen molar-refractivity contribution in [2.24, 2.45) is 0 Å².